The molecule has 0 aromatic carbocycles. The van der Waals surface area contributed by atoms with Gasteiger partial charge in [-0.2, -0.15) is 5.10 Å². The smallest absolute Gasteiger partial charge is 0.0786 e. The van der Waals surface area contributed by atoms with Gasteiger partial charge in [0.05, 0.1) is 18.3 Å². The summed E-state index contributed by atoms with van der Waals surface area (Å²) in [7, 11) is 0. The number of aliphatic hydroxyl groups is 1. The molecule has 3 heteroatoms. The lowest BCUT2D eigenvalue weighted by Gasteiger charge is -2.16. The lowest BCUT2D eigenvalue weighted by molar-refractivity contribution is 0.0577. The van der Waals surface area contributed by atoms with E-state index in [9.17, 15) is 5.11 Å². The maximum absolute atomic E-state index is 9.49. The van der Waals surface area contributed by atoms with Crippen LogP contribution in [-0.4, -0.2) is 20.5 Å². The molecule has 1 heterocycles. The molecule has 82 valence electrons. The largest absolute Gasteiger partial charge is 0.389 e. The fourth-order valence-electron chi connectivity index (χ4n) is 1.07. The van der Waals surface area contributed by atoms with Gasteiger partial charge >= 0.3 is 0 Å². The number of aryl methyl sites for hydroxylation is 1. The van der Waals surface area contributed by atoms with E-state index in [2.05, 4.69) is 12.0 Å². The summed E-state index contributed by atoms with van der Waals surface area (Å²) in [5.74, 6) is 0. The van der Waals surface area contributed by atoms with Crippen LogP contribution in [0.5, 0.6) is 0 Å². The van der Waals surface area contributed by atoms with E-state index in [0.717, 1.165) is 6.42 Å². The highest BCUT2D eigenvalue weighted by molar-refractivity contribution is 5.03. The third kappa shape index (κ3) is 5.02. The molecule has 0 saturated heterocycles. The molecule has 0 radical (unpaired) electrons. The van der Waals surface area contributed by atoms with Gasteiger partial charge in [0, 0.05) is 6.20 Å². The highest BCUT2D eigenvalue weighted by Gasteiger charge is 2.13. The Labute approximate surface area is 86.8 Å². The van der Waals surface area contributed by atoms with E-state index < -0.39 is 5.60 Å². The Balaban J connectivity index is 0.000000791. The highest BCUT2D eigenvalue weighted by atomic mass is 16.3. The third-order valence-corrected chi connectivity index (χ3v) is 1.64. The van der Waals surface area contributed by atoms with E-state index in [1.54, 1.807) is 18.5 Å². The first-order valence-electron chi connectivity index (χ1n) is 5.25. The molecule has 0 aliphatic rings. The molecule has 3 nitrogen and oxygen atoms in total. The van der Waals surface area contributed by atoms with Gasteiger partial charge in [-0.1, -0.05) is 20.8 Å². The van der Waals surface area contributed by atoms with Crippen LogP contribution in [0.1, 0.15) is 40.2 Å². The molecule has 0 saturated carbocycles. The Morgan fingerprint density at radius 1 is 1.43 bits per heavy atom. The minimum atomic E-state index is -0.684. The predicted octanol–water partition coefficient (Wildman–Crippen LogP) is 2.24. The fraction of sp³-hybridized carbons (Fsp3) is 0.727. The fourth-order valence-corrected chi connectivity index (χ4v) is 1.07. The maximum Gasteiger partial charge on any atom is 0.0786 e. The zero-order valence-electron chi connectivity index (χ0n) is 9.91. The van der Waals surface area contributed by atoms with E-state index in [4.69, 9.17) is 0 Å². The average Bonchev–Trinajstić information content (AvgIpc) is 2.53. The first-order valence-corrected chi connectivity index (χ1v) is 5.25. The van der Waals surface area contributed by atoms with Gasteiger partial charge in [-0.15, -0.1) is 0 Å². The van der Waals surface area contributed by atoms with Crippen molar-refractivity contribution in [3.63, 3.8) is 0 Å². The van der Waals surface area contributed by atoms with Crippen LogP contribution in [0.25, 0.3) is 0 Å². The number of rotatable bonds is 3. The molecule has 0 aliphatic heterocycles. The first-order chi connectivity index (χ1) is 6.51. The summed E-state index contributed by atoms with van der Waals surface area (Å²) in [5, 5.41) is 13.6. The first kappa shape index (κ1) is 13.2. The molecule has 0 spiro atoms. The molecule has 1 aromatic heterocycles. The standard InChI is InChI=1S/C9H16N2O.C2H6/c1-4-8-5-10-11(6-8)7-9(2,3)12;1-2/h5-6,12H,4,7H2,1-3H3;1-2H3. The summed E-state index contributed by atoms with van der Waals surface area (Å²) >= 11 is 0. The Kier molecular flexibility index (Phi) is 5.46. The number of hydrogen-bond acceptors (Lipinski definition) is 2. The van der Waals surface area contributed by atoms with Crippen molar-refractivity contribution in [1.82, 2.24) is 9.78 Å². The summed E-state index contributed by atoms with van der Waals surface area (Å²) < 4.78 is 1.78. The van der Waals surface area contributed by atoms with Crippen molar-refractivity contribution in [2.45, 2.75) is 53.2 Å². The van der Waals surface area contributed by atoms with Crippen LogP contribution in [0.3, 0.4) is 0 Å². The van der Waals surface area contributed by atoms with Crippen LogP contribution in [0.2, 0.25) is 0 Å². The normalized spacial score (nSPS) is 10.7. The zero-order valence-corrected chi connectivity index (χ0v) is 9.91. The summed E-state index contributed by atoms with van der Waals surface area (Å²) in [6.45, 7) is 10.2. The lowest BCUT2D eigenvalue weighted by Crippen LogP contribution is -2.26. The molecule has 14 heavy (non-hydrogen) atoms. The van der Waals surface area contributed by atoms with E-state index in [1.807, 2.05) is 26.2 Å². The van der Waals surface area contributed by atoms with Gasteiger partial charge < -0.3 is 5.11 Å². The lowest BCUT2D eigenvalue weighted by atomic mass is 10.1. The number of nitrogens with zero attached hydrogens (tertiary/aromatic N) is 2. The number of aromatic nitrogens is 2. The Morgan fingerprint density at radius 2 is 2.00 bits per heavy atom. The van der Waals surface area contributed by atoms with Gasteiger partial charge in [-0.3, -0.25) is 4.68 Å². The summed E-state index contributed by atoms with van der Waals surface area (Å²) in [6, 6.07) is 0. The van der Waals surface area contributed by atoms with Gasteiger partial charge in [-0.05, 0) is 25.8 Å². The second-order valence-electron chi connectivity index (χ2n) is 3.71. The van der Waals surface area contributed by atoms with Crippen LogP contribution in [0, 0.1) is 0 Å². The molecular formula is C11H22N2O. The molecule has 1 N–H and O–H groups in total. The van der Waals surface area contributed by atoms with Gasteiger partial charge in [0.25, 0.3) is 0 Å². The second kappa shape index (κ2) is 5.81. The quantitative estimate of drug-likeness (QED) is 0.809. The average molecular weight is 198 g/mol. The van der Waals surface area contributed by atoms with E-state index in [-0.39, 0.29) is 0 Å². The molecular weight excluding hydrogens is 176 g/mol. The Bertz CT molecular complexity index is 248. The molecule has 1 aromatic rings. The van der Waals surface area contributed by atoms with Crippen LogP contribution in [0.15, 0.2) is 12.4 Å². The molecule has 0 aliphatic carbocycles. The van der Waals surface area contributed by atoms with Crippen LogP contribution < -0.4 is 0 Å². The van der Waals surface area contributed by atoms with Crippen molar-refractivity contribution in [3.8, 4) is 0 Å². The van der Waals surface area contributed by atoms with E-state index in [0.29, 0.717) is 6.54 Å². The molecule has 0 atom stereocenters. The minimum absolute atomic E-state index is 0.549. The van der Waals surface area contributed by atoms with E-state index in [1.165, 1.54) is 5.56 Å². The summed E-state index contributed by atoms with van der Waals surface area (Å²) in [4.78, 5) is 0. The minimum Gasteiger partial charge on any atom is -0.389 e. The van der Waals surface area contributed by atoms with Crippen molar-refractivity contribution in [3.05, 3.63) is 18.0 Å². The number of hydrogen-bond donors (Lipinski definition) is 1. The zero-order chi connectivity index (χ0) is 11.2. The summed E-state index contributed by atoms with van der Waals surface area (Å²) in [6.07, 6.45) is 4.80. The Hall–Kier alpha value is -0.830. The topological polar surface area (TPSA) is 38.0 Å². The van der Waals surface area contributed by atoms with Crippen molar-refractivity contribution >= 4 is 0 Å². The summed E-state index contributed by atoms with van der Waals surface area (Å²) in [5.41, 5.74) is 0.524. The molecule has 0 bridgehead atoms. The SMILES string of the molecule is CC.CCc1cnn(CC(C)(C)O)c1. The van der Waals surface area contributed by atoms with E-state index >= 15 is 0 Å². The van der Waals surface area contributed by atoms with Gasteiger partial charge in [0.1, 0.15) is 0 Å². The van der Waals surface area contributed by atoms with Crippen molar-refractivity contribution in [2.24, 2.45) is 0 Å². The van der Waals surface area contributed by atoms with Crippen LogP contribution in [-0.2, 0) is 13.0 Å². The molecule has 1 rings (SSSR count). The highest BCUT2D eigenvalue weighted by Crippen LogP contribution is 2.06. The van der Waals surface area contributed by atoms with Crippen molar-refractivity contribution in [2.75, 3.05) is 0 Å². The molecule has 0 fully saturated rings. The van der Waals surface area contributed by atoms with Crippen LogP contribution >= 0.6 is 0 Å². The predicted molar refractivity (Wildman–Crippen MR) is 59.3 cm³/mol. The molecule has 0 amide bonds. The third-order valence-electron chi connectivity index (χ3n) is 1.64. The van der Waals surface area contributed by atoms with Crippen molar-refractivity contribution < 1.29 is 5.11 Å². The Morgan fingerprint density at radius 3 is 2.36 bits per heavy atom. The van der Waals surface area contributed by atoms with Crippen molar-refractivity contribution in [1.29, 1.82) is 0 Å². The monoisotopic (exact) mass is 198 g/mol. The molecule has 0 unspecified atom stereocenters. The van der Waals surface area contributed by atoms with Gasteiger partial charge in [0.15, 0.2) is 0 Å². The van der Waals surface area contributed by atoms with Gasteiger partial charge in [-0.25, -0.2) is 0 Å². The van der Waals surface area contributed by atoms with Gasteiger partial charge in [0.2, 0.25) is 0 Å². The maximum atomic E-state index is 9.49. The van der Waals surface area contributed by atoms with Crippen LogP contribution in [0.4, 0.5) is 0 Å². The second-order valence-corrected chi connectivity index (χ2v) is 3.71.